The van der Waals surface area contributed by atoms with Crippen LogP contribution in [0.15, 0.2) is 66.7 Å². The minimum absolute atomic E-state index is 0.0597. The average molecular weight is 485 g/mol. The number of hydrogen-bond acceptors (Lipinski definition) is 3. The standard InChI is InChI=1S/C31H36N2O3/c1-21(2)16-30(35)33-15-14-25-12-13-27(18-28(25)31(33)26-10-8-22(3)9-11-26)36-20-29(34)32-19-24-7-5-6-23(4)17-24/h5-13,17-18,21,31H,14-16,19-20H2,1-4H3,(H,32,34). The molecule has 0 spiro atoms. The molecule has 1 aliphatic heterocycles. The molecule has 1 unspecified atom stereocenters. The quantitative estimate of drug-likeness (QED) is 0.458. The van der Waals surface area contributed by atoms with Gasteiger partial charge < -0.3 is 15.0 Å². The van der Waals surface area contributed by atoms with E-state index in [0.717, 1.165) is 28.7 Å². The highest BCUT2D eigenvalue weighted by atomic mass is 16.5. The zero-order valence-electron chi connectivity index (χ0n) is 21.7. The lowest BCUT2D eigenvalue weighted by Gasteiger charge is -2.38. The Kier molecular flexibility index (Phi) is 8.09. The highest BCUT2D eigenvalue weighted by molar-refractivity contribution is 5.78. The molecule has 0 aromatic heterocycles. The summed E-state index contributed by atoms with van der Waals surface area (Å²) in [6, 6.07) is 22.3. The number of carbonyl (C=O) groups is 2. The van der Waals surface area contributed by atoms with Gasteiger partial charge in [0.15, 0.2) is 6.61 Å². The SMILES string of the molecule is Cc1ccc(C2c3cc(OCC(=O)NCc4cccc(C)c4)ccc3CCN2C(=O)CC(C)C)cc1. The average Bonchev–Trinajstić information content (AvgIpc) is 2.85. The van der Waals surface area contributed by atoms with Crippen LogP contribution in [0.1, 0.15) is 59.7 Å². The van der Waals surface area contributed by atoms with Gasteiger partial charge in [0.25, 0.3) is 5.91 Å². The van der Waals surface area contributed by atoms with E-state index in [4.69, 9.17) is 4.74 Å². The van der Waals surface area contributed by atoms with Crippen molar-refractivity contribution in [2.75, 3.05) is 13.2 Å². The fourth-order valence-electron chi connectivity index (χ4n) is 4.75. The van der Waals surface area contributed by atoms with Gasteiger partial charge >= 0.3 is 0 Å². The van der Waals surface area contributed by atoms with Crippen molar-refractivity contribution in [3.8, 4) is 5.75 Å². The Morgan fingerprint density at radius 1 is 1.00 bits per heavy atom. The van der Waals surface area contributed by atoms with Gasteiger partial charge in [-0.2, -0.15) is 0 Å². The second-order valence-electron chi connectivity index (χ2n) is 10.2. The first kappa shape index (κ1) is 25.5. The van der Waals surface area contributed by atoms with E-state index < -0.39 is 0 Å². The third kappa shape index (κ3) is 6.34. The number of rotatable bonds is 8. The molecule has 0 aliphatic carbocycles. The van der Waals surface area contributed by atoms with Crippen LogP contribution < -0.4 is 10.1 Å². The zero-order valence-corrected chi connectivity index (χ0v) is 21.7. The minimum atomic E-state index is -0.168. The van der Waals surface area contributed by atoms with Crippen LogP contribution in [-0.2, 0) is 22.6 Å². The molecule has 4 rings (SSSR count). The van der Waals surface area contributed by atoms with Crippen molar-refractivity contribution in [2.45, 2.75) is 53.1 Å². The van der Waals surface area contributed by atoms with Gasteiger partial charge in [0.05, 0.1) is 6.04 Å². The Balaban J connectivity index is 1.51. The van der Waals surface area contributed by atoms with Crippen LogP contribution in [0.4, 0.5) is 0 Å². The summed E-state index contributed by atoms with van der Waals surface area (Å²) >= 11 is 0. The first-order valence-corrected chi connectivity index (χ1v) is 12.7. The van der Waals surface area contributed by atoms with Crippen molar-refractivity contribution in [3.05, 3.63) is 100 Å². The lowest BCUT2D eigenvalue weighted by molar-refractivity contribution is -0.134. The molecule has 3 aromatic carbocycles. The van der Waals surface area contributed by atoms with Gasteiger partial charge in [0.1, 0.15) is 5.75 Å². The summed E-state index contributed by atoms with van der Waals surface area (Å²) in [5.41, 5.74) is 6.78. The van der Waals surface area contributed by atoms with Gasteiger partial charge in [-0.05, 0) is 60.6 Å². The van der Waals surface area contributed by atoms with Crippen LogP contribution >= 0.6 is 0 Å². The zero-order chi connectivity index (χ0) is 25.7. The Bertz CT molecular complexity index is 1220. The number of hydrogen-bond donors (Lipinski definition) is 1. The Labute approximate surface area is 214 Å². The van der Waals surface area contributed by atoms with Crippen LogP contribution in [0.2, 0.25) is 0 Å². The molecule has 1 aliphatic rings. The Morgan fingerprint density at radius 2 is 1.78 bits per heavy atom. The van der Waals surface area contributed by atoms with E-state index in [2.05, 4.69) is 62.5 Å². The summed E-state index contributed by atoms with van der Waals surface area (Å²) in [6.07, 6.45) is 1.33. The first-order valence-electron chi connectivity index (χ1n) is 12.7. The highest BCUT2D eigenvalue weighted by Crippen LogP contribution is 2.38. The van der Waals surface area contributed by atoms with E-state index in [1.54, 1.807) is 0 Å². The summed E-state index contributed by atoms with van der Waals surface area (Å²) in [4.78, 5) is 27.7. The molecule has 2 amide bonds. The van der Waals surface area contributed by atoms with E-state index in [9.17, 15) is 9.59 Å². The van der Waals surface area contributed by atoms with Gasteiger partial charge in [0.2, 0.25) is 5.91 Å². The molecule has 188 valence electrons. The smallest absolute Gasteiger partial charge is 0.258 e. The minimum Gasteiger partial charge on any atom is -0.484 e. The van der Waals surface area contributed by atoms with Crippen LogP contribution in [0.3, 0.4) is 0 Å². The van der Waals surface area contributed by atoms with E-state index in [1.807, 2.05) is 42.2 Å². The number of carbonyl (C=O) groups excluding carboxylic acids is 2. The van der Waals surface area contributed by atoms with Gasteiger partial charge in [-0.1, -0.05) is 79.6 Å². The van der Waals surface area contributed by atoms with E-state index in [1.165, 1.54) is 11.1 Å². The topological polar surface area (TPSA) is 58.6 Å². The van der Waals surface area contributed by atoms with Gasteiger partial charge in [-0.15, -0.1) is 0 Å². The maximum atomic E-state index is 13.2. The third-order valence-electron chi connectivity index (χ3n) is 6.58. The summed E-state index contributed by atoms with van der Waals surface area (Å²) < 4.78 is 5.89. The van der Waals surface area contributed by atoms with Crippen molar-refractivity contribution in [2.24, 2.45) is 5.92 Å². The van der Waals surface area contributed by atoms with E-state index >= 15 is 0 Å². The molecule has 36 heavy (non-hydrogen) atoms. The van der Waals surface area contributed by atoms with Crippen molar-refractivity contribution < 1.29 is 14.3 Å². The molecule has 0 fully saturated rings. The van der Waals surface area contributed by atoms with Gasteiger partial charge in [0, 0.05) is 19.5 Å². The maximum absolute atomic E-state index is 13.2. The van der Waals surface area contributed by atoms with Crippen LogP contribution in [-0.4, -0.2) is 29.9 Å². The van der Waals surface area contributed by atoms with Crippen LogP contribution in [0, 0.1) is 19.8 Å². The molecule has 1 heterocycles. The second kappa shape index (κ2) is 11.4. The number of nitrogens with zero attached hydrogens (tertiary/aromatic N) is 1. The van der Waals surface area contributed by atoms with Gasteiger partial charge in [-0.3, -0.25) is 9.59 Å². The maximum Gasteiger partial charge on any atom is 0.258 e. The third-order valence-corrected chi connectivity index (χ3v) is 6.58. The van der Waals surface area contributed by atoms with E-state index in [0.29, 0.717) is 31.2 Å². The van der Waals surface area contributed by atoms with Crippen molar-refractivity contribution in [1.82, 2.24) is 10.2 Å². The molecule has 5 heteroatoms. The number of benzene rings is 3. The largest absolute Gasteiger partial charge is 0.484 e. The summed E-state index contributed by atoms with van der Waals surface area (Å²) in [6.45, 7) is 9.35. The Morgan fingerprint density at radius 3 is 2.50 bits per heavy atom. The van der Waals surface area contributed by atoms with Crippen LogP contribution in [0.25, 0.3) is 0 Å². The fraction of sp³-hybridized carbons (Fsp3) is 0.355. The van der Waals surface area contributed by atoms with Crippen LogP contribution in [0.5, 0.6) is 5.75 Å². The lowest BCUT2D eigenvalue weighted by atomic mass is 9.87. The molecule has 0 bridgehead atoms. The monoisotopic (exact) mass is 484 g/mol. The molecule has 3 aromatic rings. The van der Waals surface area contributed by atoms with Crippen molar-refractivity contribution >= 4 is 11.8 Å². The molecule has 0 saturated carbocycles. The predicted octanol–water partition coefficient (Wildman–Crippen LogP) is 5.52. The number of nitrogens with one attached hydrogen (secondary N) is 1. The number of ether oxygens (including phenoxy) is 1. The molecular formula is C31H36N2O3. The molecule has 0 saturated heterocycles. The number of amides is 2. The second-order valence-corrected chi connectivity index (χ2v) is 10.2. The van der Waals surface area contributed by atoms with Crippen molar-refractivity contribution in [3.63, 3.8) is 0 Å². The fourth-order valence-corrected chi connectivity index (χ4v) is 4.75. The Hall–Kier alpha value is -3.60. The van der Waals surface area contributed by atoms with E-state index in [-0.39, 0.29) is 24.5 Å². The van der Waals surface area contributed by atoms with Gasteiger partial charge in [-0.25, -0.2) is 0 Å². The first-order chi connectivity index (χ1) is 17.3. The molecule has 1 atom stereocenters. The summed E-state index contributed by atoms with van der Waals surface area (Å²) in [5, 5.41) is 2.92. The number of aryl methyl sites for hydroxylation is 2. The summed E-state index contributed by atoms with van der Waals surface area (Å²) in [5.74, 6) is 0.932. The number of fused-ring (bicyclic) bond motifs is 1. The lowest BCUT2D eigenvalue weighted by Crippen LogP contribution is -2.41. The molecular weight excluding hydrogens is 448 g/mol. The predicted molar refractivity (Wildman–Crippen MR) is 143 cm³/mol. The molecule has 0 radical (unpaired) electrons. The van der Waals surface area contributed by atoms with Crippen molar-refractivity contribution in [1.29, 1.82) is 0 Å². The molecule has 5 nitrogen and oxygen atoms in total. The summed E-state index contributed by atoms with van der Waals surface area (Å²) in [7, 11) is 0. The normalized spacial score (nSPS) is 14.9. The highest BCUT2D eigenvalue weighted by Gasteiger charge is 2.32. The molecule has 1 N–H and O–H groups in total.